The lowest BCUT2D eigenvalue weighted by atomic mass is 9.99. The van der Waals surface area contributed by atoms with E-state index in [0.29, 0.717) is 69.4 Å². The number of anilines is 3. The van der Waals surface area contributed by atoms with Crippen molar-refractivity contribution in [3.63, 3.8) is 0 Å². The highest BCUT2D eigenvalue weighted by Crippen LogP contribution is 2.42. The summed E-state index contributed by atoms with van der Waals surface area (Å²) in [6.07, 6.45) is 18.1. The number of benzene rings is 4. The van der Waals surface area contributed by atoms with Gasteiger partial charge < -0.3 is 55.7 Å². The van der Waals surface area contributed by atoms with Crippen LogP contribution in [0.25, 0.3) is 0 Å². The molecule has 0 saturated heterocycles. The second kappa shape index (κ2) is 39.3. The van der Waals surface area contributed by atoms with Crippen LogP contribution < -0.4 is 41.4 Å². The number of carbonyl (C=O) groups excluding carboxylic acids is 5. The number of hydrogen-bond donors (Lipinski definition) is 9. The second-order valence-electron chi connectivity index (χ2n) is 33.3. The number of primary sulfonamides is 2. The van der Waals surface area contributed by atoms with Crippen LogP contribution in [0.3, 0.4) is 0 Å². The van der Waals surface area contributed by atoms with Gasteiger partial charge in [-0.05, 0) is 229 Å². The second-order valence-corrected chi connectivity index (χ2v) is 40.4. The number of aryl methyl sites for hydroxylation is 6. The number of nitrogens with one attached hydrogen (secondary N) is 5. The average Bonchev–Trinajstić information content (AvgIpc) is 1.61. The normalized spacial score (nSPS) is 16.2. The van der Waals surface area contributed by atoms with Gasteiger partial charge in [0.25, 0.3) is 40.1 Å². The first kappa shape index (κ1) is 93.3. The van der Waals surface area contributed by atoms with Gasteiger partial charge in [0.2, 0.25) is 0 Å². The number of nitrogens with zero attached hydrogens (tertiary/aromatic N) is 11. The highest BCUT2D eigenvalue weighted by molar-refractivity contribution is 7.90. The van der Waals surface area contributed by atoms with Gasteiger partial charge in [0.05, 0.1) is 73.9 Å². The van der Waals surface area contributed by atoms with Crippen LogP contribution in [0.1, 0.15) is 175 Å². The molecule has 8 aromatic rings. The zero-order valence-corrected chi connectivity index (χ0v) is 75.4. The standard InChI is InChI=1S/C24H31N5O5S.C19H23N5O3S.C14H16N4O4S.C12H15N.C11H18N4O4S.CH2Cl2.CH4O/c1-24(2,3)34-23(31)28-10-11-29-17(14-28)13-20(26-29)35(32,33)27-22(30)25-21-18-8-4-6-15(18)12-16-7-5-9-19(16)21;25-19(23-28(26,27)17-10-14-11-20-7-8-24(14)22-17)21-18-15-5-1-3-12(15)9-13-4-2-6-16(13)18;15-23(20,21)13-8-12-9-17(6-7-18(12)16-13)14(19)22-10-11-4-2-1-3-5-11;13-12-10-5-1-3-8(10)7-9-4-2-6-11(9)12;1-11(2,3)19-10(16)14-4-5-15-8(7-14)6-9(13-15)20(12,17)18;2-1-3;1-2/h12-13H,4-11,14H2,1-3H3,(H2,25,27,30);9-10,20H,1-8,11H2,(H2,21,23,25);1-5,8H,6-7,9-10H2,(H2,15,20,21);7H,1-6,13H2;6H,4-5,7H2,1-3H3,(H2,12,17,18);1H2;2H,1H3. The SMILES string of the molecule is CC(C)(C)OC(=O)N1CCn2nc(S(=O)(=O)NC(=O)Nc3c4c(cc5c3CCC5)CCC4)cc2C1.CC(C)(C)OC(=O)N1CCn2nc(S(N)(=O)=O)cc2C1.CO.ClCCl.NS(=O)(=O)c1cc2n(n1)CCN(C(=O)OCc1ccccc1)C2.Nc1c2c(cc3c1CCC3)CCC2.O=C(Nc1c2c(cc3c1CCC3)CCC2)NS(=O)(=O)c1cc2n(n1)CCNC2. The number of halogens is 2. The Kier molecular flexibility index (Phi) is 29.6. The number of amides is 7. The van der Waals surface area contributed by atoms with Gasteiger partial charge in [-0.25, -0.2) is 60.5 Å². The fourth-order valence-corrected chi connectivity index (χ4v) is 19.6. The fraction of sp³-hybridized carbons (Fsp3) is 0.500. The van der Waals surface area contributed by atoms with Crippen molar-refractivity contribution < 1.29 is 77.0 Å². The van der Waals surface area contributed by atoms with Crippen LogP contribution in [0.5, 0.6) is 0 Å². The molecule has 4 aromatic carbocycles. The maximum Gasteiger partial charge on any atom is 0.410 e. The van der Waals surface area contributed by atoms with Crippen molar-refractivity contribution in [3.05, 3.63) is 168 Å². The van der Waals surface area contributed by atoms with E-state index in [2.05, 4.69) is 64.0 Å². The van der Waals surface area contributed by atoms with Crippen molar-refractivity contribution in [2.45, 2.75) is 247 Å². The minimum absolute atomic E-state index is 0.120. The molecule has 0 bridgehead atoms. The lowest BCUT2D eigenvalue weighted by molar-refractivity contribution is 0.0184. The minimum atomic E-state index is -4.20. The number of aliphatic hydroxyl groups is 1. The molecule has 4 aliphatic heterocycles. The van der Waals surface area contributed by atoms with Gasteiger partial charge >= 0.3 is 30.3 Å². The maximum atomic E-state index is 13.0. The number of alkyl halides is 2. The third-order valence-corrected chi connectivity index (χ3v) is 26.2. The van der Waals surface area contributed by atoms with Crippen molar-refractivity contribution >= 4 is 111 Å². The summed E-state index contributed by atoms with van der Waals surface area (Å²) in [7, 11) is -14.9. The number of urea groups is 2. The van der Waals surface area contributed by atoms with E-state index < -0.39 is 81.6 Å². The minimum Gasteiger partial charge on any atom is -0.445 e. The van der Waals surface area contributed by atoms with E-state index in [0.717, 1.165) is 141 Å². The smallest absolute Gasteiger partial charge is 0.410 e. The molecule has 36 nitrogen and oxygen atoms in total. The molecule has 124 heavy (non-hydrogen) atoms. The van der Waals surface area contributed by atoms with Crippen molar-refractivity contribution in [2.75, 3.05) is 55.0 Å². The molecule has 0 unspecified atom stereocenters. The predicted molar refractivity (Wildman–Crippen MR) is 463 cm³/mol. The first-order valence-corrected chi connectivity index (χ1v) is 48.3. The Morgan fingerprint density at radius 1 is 0.444 bits per heavy atom. The highest BCUT2D eigenvalue weighted by Gasteiger charge is 2.36. The summed E-state index contributed by atoms with van der Waals surface area (Å²) in [4.78, 5) is 66.4. The first-order chi connectivity index (χ1) is 58.8. The van der Waals surface area contributed by atoms with Gasteiger partial charge in [-0.3, -0.25) is 18.7 Å². The largest absolute Gasteiger partial charge is 0.445 e. The number of aliphatic hydroxyl groups excluding tert-OH is 1. The van der Waals surface area contributed by atoms with E-state index in [-0.39, 0.29) is 51.7 Å². The third-order valence-electron chi connectivity index (χ3n) is 22.3. The van der Waals surface area contributed by atoms with Gasteiger partial charge in [-0.2, -0.15) is 37.2 Å². The van der Waals surface area contributed by atoms with E-state index in [1.807, 2.05) is 30.3 Å². The maximum absolute atomic E-state index is 13.0. The molecule has 0 radical (unpaired) electrons. The highest BCUT2D eigenvalue weighted by atomic mass is 35.5. The van der Waals surface area contributed by atoms with Crippen molar-refractivity contribution in [3.8, 4) is 0 Å². The van der Waals surface area contributed by atoms with Crippen LogP contribution in [0.2, 0.25) is 0 Å². The van der Waals surface area contributed by atoms with Crippen LogP contribution in [-0.2, 0) is 190 Å². The summed E-state index contributed by atoms with van der Waals surface area (Å²) >= 11 is 9.53. The molecule has 4 aromatic heterocycles. The third kappa shape index (κ3) is 23.0. The van der Waals surface area contributed by atoms with E-state index in [1.165, 1.54) is 122 Å². The molecule has 672 valence electrons. The molecule has 12 N–H and O–H groups in total. The zero-order chi connectivity index (χ0) is 89.4. The lowest BCUT2D eigenvalue weighted by Crippen LogP contribution is -2.41. The van der Waals surface area contributed by atoms with E-state index in [4.69, 9.17) is 58.5 Å². The number of aromatic nitrogens is 8. The molecule has 0 saturated carbocycles. The number of sulfonamides is 4. The van der Waals surface area contributed by atoms with Crippen molar-refractivity contribution in [1.29, 1.82) is 0 Å². The fourth-order valence-electron chi connectivity index (χ4n) is 16.8. The number of fused-ring (bicyclic) bond motifs is 10. The van der Waals surface area contributed by atoms with Crippen LogP contribution in [0, 0.1) is 0 Å². The Labute approximate surface area is 732 Å². The number of nitrogen functional groups attached to an aromatic ring is 1. The molecule has 0 fully saturated rings. The predicted octanol–water partition coefficient (Wildman–Crippen LogP) is 8.84. The summed E-state index contributed by atoms with van der Waals surface area (Å²) in [5.74, 6) is 0. The molecule has 0 spiro atoms. The van der Waals surface area contributed by atoms with Crippen LogP contribution in [0.4, 0.5) is 41.0 Å². The number of rotatable bonds is 10. The summed E-state index contributed by atoms with van der Waals surface area (Å²) in [6, 6.07) is 20.5. The van der Waals surface area contributed by atoms with Gasteiger partial charge in [0, 0.05) is 81.2 Å². The monoisotopic (exact) mass is 1830 g/mol. The van der Waals surface area contributed by atoms with Gasteiger partial charge in [0.15, 0.2) is 20.1 Å². The Morgan fingerprint density at radius 3 is 1.10 bits per heavy atom. The quantitative estimate of drug-likeness (QED) is 0.0350. The topological polar surface area (TPSA) is 489 Å². The molecule has 6 aliphatic carbocycles. The van der Waals surface area contributed by atoms with E-state index >= 15 is 0 Å². The zero-order valence-electron chi connectivity index (χ0n) is 70.6. The van der Waals surface area contributed by atoms with Crippen molar-refractivity contribution in [1.82, 2.24) is 68.6 Å². The van der Waals surface area contributed by atoms with E-state index in [1.54, 1.807) is 60.3 Å². The van der Waals surface area contributed by atoms with Gasteiger partial charge in [-0.1, -0.05) is 48.5 Å². The number of ether oxygens (including phenoxy) is 3. The molecular formula is C82H109Cl2N19O17S4. The molecule has 42 heteroatoms. The van der Waals surface area contributed by atoms with Crippen LogP contribution in [0.15, 0.2) is 92.9 Å². The number of carbonyl (C=O) groups is 5. The van der Waals surface area contributed by atoms with E-state index in [9.17, 15) is 57.6 Å². The van der Waals surface area contributed by atoms with Gasteiger partial charge in [0.1, 0.15) is 17.8 Å². The average molecular weight is 1830 g/mol. The summed E-state index contributed by atoms with van der Waals surface area (Å²) in [5.41, 5.74) is 26.9. The Hall–Kier alpha value is -9.91. The van der Waals surface area contributed by atoms with Gasteiger partial charge in [-0.15, -0.1) is 23.2 Å². The van der Waals surface area contributed by atoms with Crippen LogP contribution in [-0.4, -0.2) is 173 Å². The number of nitrogens with two attached hydrogens (primary N) is 3. The summed E-state index contributed by atoms with van der Waals surface area (Å²) in [6.45, 7) is 15.8. The van der Waals surface area contributed by atoms with Crippen LogP contribution >= 0.6 is 23.2 Å². The Morgan fingerprint density at radius 2 is 0.758 bits per heavy atom. The summed E-state index contributed by atoms with van der Waals surface area (Å²) in [5, 5.41) is 41.6. The molecule has 10 aliphatic rings. The summed E-state index contributed by atoms with van der Waals surface area (Å²) < 4.78 is 123. The molecule has 8 heterocycles. The molecule has 7 amide bonds. The lowest BCUT2D eigenvalue weighted by Gasteiger charge is -2.30. The number of hydrogen-bond acceptors (Lipinski definition) is 23. The Bertz CT molecular complexity index is 5690. The Balaban J connectivity index is 0.000000143. The molecule has 18 rings (SSSR count). The first-order valence-electron chi connectivity index (χ1n) is 41.2. The molecule has 0 atom stereocenters. The molecular weight excluding hydrogens is 1720 g/mol. The van der Waals surface area contributed by atoms with Crippen molar-refractivity contribution in [2.24, 2.45) is 10.3 Å².